The Bertz CT molecular complexity index is 564. The number of fused-ring (bicyclic) bond motifs is 1. The number of nitrogens with one attached hydrogen (secondary N) is 1. The van der Waals surface area contributed by atoms with Crippen LogP contribution in [0.15, 0.2) is 24.3 Å². The normalized spacial score (nSPS) is 37.9. The zero-order valence-electron chi connectivity index (χ0n) is 11.5. The molecule has 3 rings (SSSR count). The van der Waals surface area contributed by atoms with Gasteiger partial charge in [-0.05, 0) is 12.1 Å². The van der Waals surface area contributed by atoms with Gasteiger partial charge in [-0.3, -0.25) is 4.79 Å². The molecule has 0 aromatic heterocycles. The van der Waals surface area contributed by atoms with Crippen LogP contribution in [0.1, 0.15) is 0 Å². The monoisotopic (exact) mass is 311 g/mol. The molecule has 2 aliphatic heterocycles. The number of amides is 1. The van der Waals surface area contributed by atoms with Crippen LogP contribution in [0.4, 0.5) is 5.69 Å². The minimum absolute atomic E-state index is 0.407. The predicted molar refractivity (Wildman–Crippen MR) is 73.3 cm³/mol. The molecule has 6 unspecified atom stereocenters. The summed E-state index contributed by atoms with van der Waals surface area (Å²) in [5.74, 6) is -0.132. The van der Waals surface area contributed by atoms with E-state index in [1.54, 1.807) is 24.3 Å². The highest BCUT2D eigenvalue weighted by atomic mass is 16.6. The van der Waals surface area contributed by atoms with E-state index in [1.165, 1.54) is 0 Å². The minimum atomic E-state index is -1.55. The van der Waals surface area contributed by atoms with Gasteiger partial charge in [0.2, 0.25) is 6.10 Å². The van der Waals surface area contributed by atoms with E-state index < -0.39 is 49.1 Å². The van der Waals surface area contributed by atoms with Gasteiger partial charge in [0.1, 0.15) is 36.3 Å². The summed E-state index contributed by atoms with van der Waals surface area (Å²) in [4.78, 5) is 12.2. The molecule has 1 aromatic carbocycles. The maximum atomic E-state index is 12.2. The average Bonchev–Trinajstić information content (AvgIpc) is 2.53. The first kappa shape index (κ1) is 15.2. The Labute approximate surface area is 125 Å². The first-order valence-electron chi connectivity index (χ1n) is 6.90. The number of anilines is 1. The second kappa shape index (κ2) is 5.82. The molecule has 8 nitrogen and oxygen atoms in total. The molecule has 0 bridgehead atoms. The van der Waals surface area contributed by atoms with Crippen LogP contribution in [0.3, 0.4) is 0 Å². The van der Waals surface area contributed by atoms with Crippen LogP contribution in [-0.2, 0) is 9.53 Å². The third kappa shape index (κ3) is 2.44. The van der Waals surface area contributed by atoms with E-state index >= 15 is 0 Å². The highest BCUT2D eigenvalue weighted by molar-refractivity contribution is 5.98. The number of carbonyl (C=O) groups is 1. The molecule has 0 saturated carbocycles. The van der Waals surface area contributed by atoms with E-state index in [4.69, 9.17) is 9.47 Å². The third-order valence-corrected chi connectivity index (χ3v) is 3.88. The van der Waals surface area contributed by atoms with Gasteiger partial charge >= 0.3 is 0 Å². The van der Waals surface area contributed by atoms with Gasteiger partial charge in [0.25, 0.3) is 5.91 Å². The van der Waals surface area contributed by atoms with Crippen LogP contribution in [0, 0.1) is 0 Å². The van der Waals surface area contributed by atoms with Gasteiger partial charge < -0.3 is 35.2 Å². The number of rotatable bonds is 2. The molecule has 5 N–H and O–H groups in total. The summed E-state index contributed by atoms with van der Waals surface area (Å²) in [6.07, 6.45) is -8.07. The molecule has 120 valence electrons. The van der Waals surface area contributed by atoms with Crippen molar-refractivity contribution in [3.8, 4) is 5.75 Å². The molecule has 1 saturated heterocycles. The first-order valence-corrected chi connectivity index (χ1v) is 6.90. The van der Waals surface area contributed by atoms with Crippen molar-refractivity contribution in [3.05, 3.63) is 24.3 Å². The fourth-order valence-electron chi connectivity index (χ4n) is 2.66. The highest BCUT2D eigenvalue weighted by Crippen LogP contribution is 2.33. The summed E-state index contributed by atoms with van der Waals surface area (Å²) < 4.78 is 10.9. The number of hydrogen-bond acceptors (Lipinski definition) is 7. The van der Waals surface area contributed by atoms with Crippen LogP contribution < -0.4 is 10.1 Å². The zero-order valence-corrected chi connectivity index (χ0v) is 11.5. The Morgan fingerprint density at radius 2 is 1.82 bits per heavy atom. The van der Waals surface area contributed by atoms with Gasteiger partial charge in [0.05, 0.1) is 12.3 Å². The smallest absolute Gasteiger partial charge is 0.268 e. The van der Waals surface area contributed by atoms with Crippen molar-refractivity contribution in [3.63, 3.8) is 0 Å². The fourth-order valence-corrected chi connectivity index (χ4v) is 2.66. The van der Waals surface area contributed by atoms with E-state index in [2.05, 4.69) is 5.32 Å². The summed E-state index contributed by atoms with van der Waals surface area (Å²) >= 11 is 0. The summed E-state index contributed by atoms with van der Waals surface area (Å²) in [5, 5.41) is 41.4. The van der Waals surface area contributed by atoms with E-state index in [0.717, 1.165) is 0 Å². The van der Waals surface area contributed by atoms with Gasteiger partial charge in [0.15, 0.2) is 0 Å². The van der Waals surface area contributed by atoms with Crippen molar-refractivity contribution in [1.82, 2.24) is 0 Å². The molecular formula is C14H17NO7. The number of benzene rings is 1. The second-order valence-electron chi connectivity index (χ2n) is 5.32. The van der Waals surface area contributed by atoms with E-state index in [-0.39, 0.29) is 0 Å². The molecule has 0 radical (unpaired) electrons. The van der Waals surface area contributed by atoms with Gasteiger partial charge in [-0.2, -0.15) is 0 Å². The number of aliphatic hydroxyl groups excluding tert-OH is 4. The van der Waals surface area contributed by atoms with E-state index in [1.807, 2.05) is 0 Å². The molecule has 2 heterocycles. The van der Waals surface area contributed by atoms with Crippen LogP contribution in [0.2, 0.25) is 0 Å². The van der Waals surface area contributed by atoms with Crippen molar-refractivity contribution in [1.29, 1.82) is 0 Å². The van der Waals surface area contributed by atoms with E-state index in [9.17, 15) is 25.2 Å². The SMILES string of the molecule is O=C1Nc2ccccc2OC1C1OC(CO)C(O)C(O)C1O. The van der Waals surface area contributed by atoms with Gasteiger partial charge in [-0.25, -0.2) is 0 Å². The lowest BCUT2D eigenvalue weighted by atomic mass is 9.91. The summed E-state index contributed by atoms with van der Waals surface area (Å²) in [6.45, 7) is -0.563. The molecule has 1 aromatic rings. The maximum absolute atomic E-state index is 12.2. The van der Waals surface area contributed by atoms with Crippen molar-refractivity contribution < 1.29 is 34.7 Å². The Hall–Kier alpha value is -1.71. The minimum Gasteiger partial charge on any atom is -0.476 e. The Balaban J connectivity index is 1.85. The standard InChI is InChI=1S/C14H17NO7/c16-5-8-9(17)10(18)11(19)12(22-8)13-14(20)15-6-3-1-2-4-7(6)21-13/h1-4,8-13,16-19H,5H2,(H,15,20). The van der Waals surface area contributed by atoms with Crippen LogP contribution in [0.5, 0.6) is 5.75 Å². The van der Waals surface area contributed by atoms with Gasteiger partial charge in [-0.1, -0.05) is 12.1 Å². The molecule has 2 aliphatic rings. The summed E-state index contributed by atoms with van der Waals surface area (Å²) in [5.41, 5.74) is 0.494. The molecule has 0 spiro atoms. The average molecular weight is 311 g/mol. The van der Waals surface area contributed by atoms with Crippen molar-refractivity contribution in [2.75, 3.05) is 11.9 Å². The molecule has 6 atom stereocenters. The van der Waals surface area contributed by atoms with E-state index in [0.29, 0.717) is 11.4 Å². The lowest BCUT2D eigenvalue weighted by Gasteiger charge is -2.43. The Morgan fingerprint density at radius 1 is 1.09 bits per heavy atom. The molecule has 1 amide bonds. The number of ether oxygens (including phenoxy) is 2. The molecular weight excluding hydrogens is 294 g/mol. The second-order valence-corrected chi connectivity index (χ2v) is 5.32. The largest absolute Gasteiger partial charge is 0.476 e. The maximum Gasteiger partial charge on any atom is 0.268 e. The Morgan fingerprint density at radius 3 is 2.55 bits per heavy atom. The van der Waals surface area contributed by atoms with Crippen molar-refractivity contribution >= 4 is 11.6 Å². The molecule has 22 heavy (non-hydrogen) atoms. The van der Waals surface area contributed by atoms with Crippen LogP contribution >= 0.6 is 0 Å². The molecule has 0 aliphatic carbocycles. The quantitative estimate of drug-likeness (QED) is 0.437. The van der Waals surface area contributed by atoms with Gasteiger partial charge in [-0.15, -0.1) is 0 Å². The third-order valence-electron chi connectivity index (χ3n) is 3.88. The first-order chi connectivity index (χ1) is 10.5. The lowest BCUT2D eigenvalue weighted by molar-refractivity contribution is -0.244. The molecule has 1 fully saturated rings. The number of para-hydroxylation sites is 2. The summed E-state index contributed by atoms with van der Waals surface area (Å²) in [6, 6.07) is 6.76. The topological polar surface area (TPSA) is 128 Å². The van der Waals surface area contributed by atoms with Crippen LogP contribution in [0.25, 0.3) is 0 Å². The number of hydrogen-bond donors (Lipinski definition) is 5. The summed E-state index contributed by atoms with van der Waals surface area (Å²) in [7, 11) is 0. The van der Waals surface area contributed by atoms with Crippen LogP contribution in [-0.4, -0.2) is 69.6 Å². The fraction of sp³-hybridized carbons (Fsp3) is 0.500. The Kier molecular flexibility index (Phi) is 4.02. The molecule has 8 heteroatoms. The predicted octanol–water partition coefficient (Wildman–Crippen LogP) is -1.77. The van der Waals surface area contributed by atoms with Crippen molar-refractivity contribution in [2.24, 2.45) is 0 Å². The lowest BCUT2D eigenvalue weighted by Crippen LogP contribution is -2.64. The zero-order chi connectivity index (χ0) is 15.9. The number of aliphatic hydroxyl groups is 4. The van der Waals surface area contributed by atoms with Gasteiger partial charge in [0, 0.05) is 0 Å². The number of carbonyl (C=O) groups excluding carboxylic acids is 1. The van der Waals surface area contributed by atoms with Crippen molar-refractivity contribution in [2.45, 2.75) is 36.6 Å². The highest BCUT2D eigenvalue weighted by Gasteiger charge is 2.50.